The molecule has 2 aliphatic carbocycles. The number of nitrogens with two attached hydrogens (primary N) is 1. The minimum Gasteiger partial charge on any atom is -0.444 e. The largest absolute Gasteiger partial charge is 0.444 e. The molecule has 4 fully saturated rings. The number of primary amides is 1. The van der Waals surface area contributed by atoms with E-state index < -0.39 is 53.0 Å². The highest BCUT2D eigenvalue weighted by Crippen LogP contribution is 2.44. The number of fused-ring (bicyclic) bond motifs is 1. The van der Waals surface area contributed by atoms with Crippen molar-refractivity contribution in [3.05, 3.63) is 0 Å². The molecule has 11 heteroatoms. The van der Waals surface area contributed by atoms with Gasteiger partial charge in [-0.15, -0.1) is 0 Å². The monoisotopic (exact) mass is 562 g/mol. The Morgan fingerprint density at radius 1 is 1.02 bits per heavy atom. The Balaban J connectivity index is 1.60. The molecule has 0 bridgehead atoms. The van der Waals surface area contributed by atoms with Crippen molar-refractivity contribution in [1.82, 2.24) is 15.5 Å². The number of Topliss-reactive ketones (excluding diaryl/α,β-unsaturated/α-hetero) is 1. The predicted octanol–water partition coefficient (Wildman–Crippen LogP) is 2.19. The zero-order valence-corrected chi connectivity index (χ0v) is 24.5. The summed E-state index contributed by atoms with van der Waals surface area (Å²) in [6.45, 7) is 9.38. The molecule has 4 amide bonds. The van der Waals surface area contributed by atoms with Gasteiger partial charge >= 0.3 is 6.09 Å². The van der Waals surface area contributed by atoms with E-state index in [9.17, 15) is 24.0 Å². The number of nitrogens with zero attached hydrogens (tertiary/aromatic N) is 1. The molecule has 224 valence electrons. The van der Waals surface area contributed by atoms with Crippen molar-refractivity contribution in [2.24, 2.45) is 23.5 Å². The first-order chi connectivity index (χ1) is 18.6. The molecule has 40 heavy (non-hydrogen) atoms. The third-order valence-electron chi connectivity index (χ3n) is 8.55. The van der Waals surface area contributed by atoms with E-state index in [4.69, 9.17) is 15.2 Å². The average molecular weight is 563 g/mol. The third kappa shape index (κ3) is 7.33. The summed E-state index contributed by atoms with van der Waals surface area (Å²) in [7, 11) is 0. The van der Waals surface area contributed by atoms with Gasteiger partial charge in [-0.05, 0) is 72.1 Å². The molecule has 0 spiro atoms. The summed E-state index contributed by atoms with van der Waals surface area (Å²) >= 11 is 0. The normalized spacial score (nSPS) is 27.8. The van der Waals surface area contributed by atoms with E-state index in [-0.39, 0.29) is 36.3 Å². The zero-order chi connectivity index (χ0) is 29.4. The van der Waals surface area contributed by atoms with Gasteiger partial charge in [0.05, 0.1) is 17.7 Å². The Morgan fingerprint density at radius 2 is 1.68 bits per heavy atom. The fourth-order valence-electron chi connectivity index (χ4n) is 6.64. The van der Waals surface area contributed by atoms with Crippen molar-refractivity contribution in [1.29, 1.82) is 0 Å². The maximum Gasteiger partial charge on any atom is 0.408 e. The van der Waals surface area contributed by atoms with Crippen molar-refractivity contribution in [3.8, 4) is 0 Å². The second kappa shape index (κ2) is 11.7. The lowest BCUT2D eigenvalue weighted by Gasteiger charge is -2.36. The van der Waals surface area contributed by atoms with Crippen LogP contribution in [0.15, 0.2) is 0 Å². The van der Waals surface area contributed by atoms with Gasteiger partial charge in [0, 0.05) is 12.5 Å². The summed E-state index contributed by atoms with van der Waals surface area (Å²) in [4.78, 5) is 66.8. The van der Waals surface area contributed by atoms with Crippen molar-refractivity contribution in [2.45, 2.75) is 128 Å². The van der Waals surface area contributed by atoms with Gasteiger partial charge in [0.15, 0.2) is 0 Å². The minimum atomic E-state index is -1.09. The van der Waals surface area contributed by atoms with Gasteiger partial charge in [-0.2, -0.15) is 0 Å². The zero-order valence-electron chi connectivity index (χ0n) is 24.5. The Bertz CT molecular complexity index is 1010. The lowest BCUT2D eigenvalue weighted by atomic mass is 9.83. The molecule has 11 nitrogen and oxygen atoms in total. The van der Waals surface area contributed by atoms with E-state index >= 15 is 0 Å². The molecule has 4 rings (SSSR count). The van der Waals surface area contributed by atoms with Gasteiger partial charge in [0.2, 0.25) is 17.6 Å². The van der Waals surface area contributed by atoms with E-state index in [2.05, 4.69) is 10.6 Å². The Morgan fingerprint density at radius 3 is 2.25 bits per heavy atom. The van der Waals surface area contributed by atoms with Gasteiger partial charge in [0.25, 0.3) is 5.91 Å². The highest BCUT2D eigenvalue weighted by molar-refractivity contribution is 6.37. The molecule has 0 radical (unpaired) electrons. The number of hydrogen-bond donors (Lipinski definition) is 3. The summed E-state index contributed by atoms with van der Waals surface area (Å²) in [5.74, 6) is -2.90. The van der Waals surface area contributed by atoms with E-state index in [1.54, 1.807) is 20.8 Å². The SMILES string of the molecule is CC(C)(C)OC(=O)N[C@H](C(=O)N1CC2OC(C)(C)C[C@H]2C1C(=O)NC(CC1CC1)C(=O)C(N)=O)C1CCCCC1. The Kier molecular flexibility index (Phi) is 8.82. The number of likely N-dealkylation sites (tertiary alicyclic amines) is 1. The minimum absolute atomic E-state index is 0.0886. The number of nitrogens with one attached hydrogen (secondary N) is 2. The van der Waals surface area contributed by atoms with Crippen LogP contribution in [0.4, 0.5) is 4.79 Å². The van der Waals surface area contributed by atoms with Crippen LogP contribution in [0.2, 0.25) is 0 Å². The number of carbonyl (C=O) groups excluding carboxylic acids is 5. The van der Waals surface area contributed by atoms with Crippen LogP contribution in [-0.4, -0.2) is 76.5 Å². The molecule has 0 aromatic heterocycles. The second-order valence-electron chi connectivity index (χ2n) is 13.7. The highest BCUT2D eigenvalue weighted by Gasteiger charge is 2.56. The van der Waals surface area contributed by atoms with Gasteiger partial charge in [-0.1, -0.05) is 32.1 Å². The van der Waals surface area contributed by atoms with Crippen molar-refractivity contribution < 1.29 is 33.4 Å². The number of ketones is 1. The first-order valence-corrected chi connectivity index (χ1v) is 14.8. The summed E-state index contributed by atoms with van der Waals surface area (Å²) < 4.78 is 11.7. The lowest BCUT2D eigenvalue weighted by molar-refractivity contribution is -0.144. The second-order valence-corrected chi connectivity index (χ2v) is 13.7. The summed E-state index contributed by atoms with van der Waals surface area (Å²) in [5, 5.41) is 5.61. The molecule has 0 aromatic carbocycles. The van der Waals surface area contributed by atoms with E-state index in [0.717, 1.165) is 44.9 Å². The molecular weight excluding hydrogens is 516 g/mol. The maximum absolute atomic E-state index is 14.2. The number of carbonyl (C=O) groups is 5. The lowest BCUT2D eigenvalue weighted by Crippen LogP contribution is -2.59. The predicted molar refractivity (Wildman–Crippen MR) is 146 cm³/mol. The number of ether oxygens (including phenoxy) is 2. The van der Waals surface area contributed by atoms with E-state index in [1.807, 2.05) is 13.8 Å². The molecule has 4 N–H and O–H groups in total. The van der Waals surface area contributed by atoms with Crippen LogP contribution in [0.5, 0.6) is 0 Å². The average Bonchev–Trinajstić information content (AvgIpc) is 3.53. The molecule has 4 aliphatic rings. The van der Waals surface area contributed by atoms with Crippen LogP contribution in [0.25, 0.3) is 0 Å². The number of rotatable bonds is 9. The van der Waals surface area contributed by atoms with Gasteiger partial charge in [-0.3, -0.25) is 19.2 Å². The standard InChI is InChI=1S/C29H46N4O7/c1-28(2,3)40-27(38)32-21(17-9-7-6-8-10-17)26(37)33-15-20-18(14-29(4,5)39-20)22(33)25(36)31-19(13-16-11-12-16)23(34)24(30)35/h16-22H,6-15H2,1-5H3,(H2,30,35)(H,31,36)(H,32,38)/t18-,19?,20?,21+,22?/m1/s1. The highest BCUT2D eigenvalue weighted by atomic mass is 16.6. The van der Waals surface area contributed by atoms with Crippen molar-refractivity contribution >= 4 is 29.6 Å². The first-order valence-electron chi connectivity index (χ1n) is 14.8. The van der Waals surface area contributed by atoms with Crippen LogP contribution in [0, 0.1) is 17.8 Å². The van der Waals surface area contributed by atoms with Crippen LogP contribution in [-0.2, 0) is 28.7 Å². The summed E-state index contributed by atoms with van der Waals surface area (Å²) in [5.41, 5.74) is 4.08. The fraction of sp³-hybridized carbons (Fsp3) is 0.828. The summed E-state index contributed by atoms with van der Waals surface area (Å²) in [6, 6.07) is -2.79. The number of alkyl carbamates (subject to hydrolysis) is 1. The molecule has 2 saturated carbocycles. The smallest absolute Gasteiger partial charge is 0.408 e. The van der Waals surface area contributed by atoms with E-state index in [0.29, 0.717) is 12.8 Å². The Labute approximate surface area is 236 Å². The fourth-order valence-corrected chi connectivity index (χ4v) is 6.64. The first kappa shape index (κ1) is 30.3. The van der Waals surface area contributed by atoms with Crippen LogP contribution >= 0.6 is 0 Å². The van der Waals surface area contributed by atoms with Crippen molar-refractivity contribution in [2.75, 3.05) is 6.54 Å². The summed E-state index contributed by atoms with van der Waals surface area (Å²) in [6.07, 6.45) is 6.25. The van der Waals surface area contributed by atoms with Crippen LogP contribution in [0.3, 0.4) is 0 Å². The quantitative estimate of drug-likeness (QED) is 0.364. The van der Waals surface area contributed by atoms with E-state index in [1.165, 1.54) is 4.90 Å². The topological polar surface area (TPSA) is 157 Å². The van der Waals surface area contributed by atoms with Gasteiger partial charge in [-0.25, -0.2) is 4.79 Å². The molecule has 2 heterocycles. The molecular formula is C29H46N4O7. The van der Waals surface area contributed by atoms with Crippen LogP contribution < -0.4 is 16.4 Å². The van der Waals surface area contributed by atoms with Crippen molar-refractivity contribution in [3.63, 3.8) is 0 Å². The molecule has 2 aliphatic heterocycles. The third-order valence-corrected chi connectivity index (χ3v) is 8.55. The van der Waals surface area contributed by atoms with Gasteiger partial charge in [0.1, 0.15) is 17.7 Å². The van der Waals surface area contributed by atoms with Gasteiger partial charge < -0.3 is 30.7 Å². The molecule has 5 atom stereocenters. The number of hydrogen-bond acceptors (Lipinski definition) is 7. The molecule has 2 saturated heterocycles. The molecule has 3 unspecified atom stereocenters. The Hall–Kier alpha value is -2.69. The molecule has 0 aromatic rings. The number of amides is 4. The van der Waals surface area contributed by atoms with Crippen LogP contribution in [0.1, 0.15) is 92.4 Å². The maximum atomic E-state index is 14.2.